The van der Waals surface area contributed by atoms with E-state index in [9.17, 15) is 19.8 Å². The summed E-state index contributed by atoms with van der Waals surface area (Å²) in [6.45, 7) is 9.75. The van der Waals surface area contributed by atoms with Crippen molar-refractivity contribution in [1.82, 2.24) is 5.32 Å². The molecular formula is C25H35NO4. The Hall–Kier alpha value is -2.14. The number of nitrogens with one attached hydrogen (secondary N) is 1. The molecule has 1 heterocycles. The smallest absolute Gasteiger partial charge is 0.259 e. The highest BCUT2D eigenvalue weighted by Crippen LogP contribution is 2.57. The van der Waals surface area contributed by atoms with E-state index in [4.69, 9.17) is 0 Å². The van der Waals surface area contributed by atoms with Crippen molar-refractivity contribution in [2.45, 2.75) is 66.0 Å². The van der Waals surface area contributed by atoms with Gasteiger partial charge < -0.3 is 15.5 Å². The van der Waals surface area contributed by atoms with Gasteiger partial charge in [0, 0.05) is 11.3 Å². The molecule has 164 valence electrons. The number of allylic oxidation sites excluding steroid dienone is 7. The monoisotopic (exact) mass is 413 g/mol. The Kier molecular flexibility index (Phi) is 6.42. The Morgan fingerprint density at radius 3 is 2.60 bits per heavy atom. The van der Waals surface area contributed by atoms with E-state index in [1.807, 2.05) is 32.1 Å². The molecule has 0 aromatic carbocycles. The molecule has 0 unspecified atom stereocenters. The van der Waals surface area contributed by atoms with Crippen LogP contribution in [0, 0.1) is 29.1 Å². The standard InChI is InChI=1S/C25H35NO4/c1-6-7-8-9-18-15(3)13-17-12-14(2)10-11-19(17)25(18,5)23(29)20-22(28)21(16(4)27)26-24(20)30/h6-9,13-14,16-19,21,27,29H,10-12H2,1-5H3,(H,26,30)/b7-6+,9-8+,23-20+/t14-,16+,17+,18-,19-,21+,25-/m1/s1. The second-order valence-corrected chi connectivity index (χ2v) is 9.55. The highest BCUT2D eigenvalue weighted by Gasteiger charge is 2.54. The maximum absolute atomic E-state index is 12.9. The Bertz CT molecular complexity index is 834. The fourth-order valence-electron chi connectivity index (χ4n) is 5.84. The van der Waals surface area contributed by atoms with Crippen LogP contribution in [0.1, 0.15) is 53.9 Å². The molecule has 0 aromatic rings. The van der Waals surface area contributed by atoms with E-state index >= 15 is 0 Å². The first kappa shape index (κ1) is 22.5. The minimum absolute atomic E-state index is 0.123. The highest BCUT2D eigenvalue weighted by atomic mass is 16.3. The summed E-state index contributed by atoms with van der Waals surface area (Å²) in [5, 5.41) is 24.0. The van der Waals surface area contributed by atoms with Crippen LogP contribution in [0.4, 0.5) is 0 Å². The van der Waals surface area contributed by atoms with Gasteiger partial charge in [0.05, 0.1) is 6.10 Å². The van der Waals surface area contributed by atoms with Crippen LogP contribution in [0.2, 0.25) is 0 Å². The zero-order valence-corrected chi connectivity index (χ0v) is 18.7. The molecule has 1 aliphatic heterocycles. The predicted octanol–water partition coefficient (Wildman–Crippen LogP) is 4.01. The number of hydrogen-bond donors (Lipinski definition) is 3. The molecule has 3 N–H and O–H groups in total. The zero-order valence-electron chi connectivity index (χ0n) is 18.7. The largest absolute Gasteiger partial charge is 0.511 e. The Morgan fingerprint density at radius 2 is 2.00 bits per heavy atom. The summed E-state index contributed by atoms with van der Waals surface area (Å²) < 4.78 is 0. The van der Waals surface area contributed by atoms with Crippen LogP contribution in [-0.2, 0) is 9.59 Å². The van der Waals surface area contributed by atoms with Gasteiger partial charge in [-0.3, -0.25) is 9.59 Å². The minimum Gasteiger partial charge on any atom is -0.511 e. The molecule has 0 radical (unpaired) electrons. The molecule has 0 spiro atoms. The zero-order chi connectivity index (χ0) is 22.2. The van der Waals surface area contributed by atoms with Crippen molar-refractivity contribution in [3.63, 3.8) is 0 Å². The van der Waals surface area contributed by atoms with Crippen molar-refractivity contribution in [2.24, 2.45) is 29.1 Å². The van der Waals surface area contributed by atoms with Gasteiger partial charge in [-0.25, -0.2) is 0 Å². The number of Topliss-reactive ketones (excluding diaryl/α,β-unsaturated/α-hetero) is 1. The van der Waals surface area contributed by atoms with E-state index in [1.54, 1.807) is 0 Å². The fraction of sp³-hybridized carbons (Fsp3) is 0.600. The van der Waals surface area contributed by atoms with Crippen molar-refractivity contribution < 1.29 is 19.8 Å². The summed E-state index contributed by atoms with van der Waals surface area (Å²) in [5.41, 5.74) is 0.205. The normalized spacial score (nSPS) is 39.8. The molecule has 2 fully saturated rings. The van der Waals surface area contributed by atoms with Crippen LogP contribution in [0.15, 0.2) is 47.3 Å². The number of aliphatic hydroxyl groups excluding tert-OH is 2. The first-order chi connectivity index (χ1) is 14.1. The highest BCUT2D eigenvalue weighted by molar-refractivity contribution is 6.27. The van der Waals surface area contributed by atoms with Gasteiger partial charge >= 0.3 is 0 Å². The Labute approximate surface area is 179 Å². The maximum atomic E-state index is 12.9. The van der Waals surface area contributed by atoms with E-state index in [0.29, 0.717) is 11.8 Å². The third-order valence-corrected chi connectivity index (χ3v) is 7.42. The molecule has 1 saturated heterocycles. The van der Waals surface area contributed by atoms with E-state index in [0.717, 1.165) is 24.8 Å². The molecule has 0 aromatic heterocycles. The minimum atomic E-state index is -1.01. The van der Waals surface area contributed by atoms with Gasteiger partial charge in [-0.1, -0.05) is 56.2 Å². The first-order valence-corrected chi connectivity index (χ1v) is 11.1. The van der Waals surface area contributed by atoms with Crippen molar-refractivity contribution >= 4 is 11.7 Å². The molecule has 3 aliphatic rings. The molecule has 5 nitrogen and oxygen atoms in total. The topological polar surface area (TPSA) is 86.6 Å². The summed E-state index contributed by atoms with van der Waals surface area (Å²) >= 11 is 0. The molecule has 0 bridgehead atoms. The van der Waals surface area contributed by atoms with Gasteiger partial charge in [-0.2, -0.15) is 0 Å². The average Bonchev–Trinajstić information content (AvgIpc) is 2.97. The van der Waals surface area contributed by atoms with Crippen LogP contribution in [0.5, 0.6) is 0 Å². The average molecular weight is 414 g/mol. The lowest BCUT2D eigenvalue weighted by molar-refractivity contribution is -0.118. The molecule has 5 heteroatoms. The van der Waals surface area contributed by atoms with E-state index in [2.05, 4.69) is 31.3 Å². The third-order valence-electron chi connectivity index (χ3n) is 7.42. The van der Waals surface area contributed by atoms with Crippen LogP contribution in [0.3, 0.4) is 0 Å². The summed E-state index contributed by atoms with van der Waals surface area (Å²) in [6.07, 6.45) is 12.3. The van der Waals surface area contributed by atoms with Crippen LogP contribution < -0.4 is 5.32 Å². The number of hydrogen-bond acceptors (Lipinski definition) is 4. The molecular weight excluding hydrogens is 378 g/mol. The van der Waals surface area contributed by atoms with E-state index in [1.165, 1.54) is 6.92 Å². The second-order valence-electron chi connectivity index (χ2n) is 9.55. The molecule has 3 rings (SSSR count). The van der Waals surface area contributed by atoms with Crippen LogP contribution in [0.25, 0.3) is 0 Å². The fourth-order valence-corrected chi connectivity index (χ4v) is 5.84. The maximum Gasteiger partial charge on any atom is 0.259 e. The Balaban J connectivity index is 2.16. The lowest BCUT2D eigenvalue weighted by atomic mass is 9.52. The Morgan fingerprint density at radius 1 is 1.30 bits per heavy atom. The lowest BCUT2D eigenvalue weighted by Gasteiger charge is -2.52. The van der Waals surface area contributed by atoms with Crippen molar-refractivity contribution in [3.8, 4) is 0 Å². The van der Waals surface area contributed by atoms with Crippen molar-refractivity contribution in [1.29, 1.82) is 0 Å². The molecule has 1 amide bonds. The number of carbonyl (C=O) groups excluding carboxylic acids is 2. The first-order valence-electron chi connectivity index (χ1n) is 11.1. The SMILES string of the molecule is C/C=C/C=C/[C@@H]1C(C)=C[C@@H]2C[C@H](C)CC[C@H]2[C@]1(C)/C(O)=C1\C(=O)N[C@@H]([C@H](C)O)C1=O. The van der Waals surface area contributed by atoms with E-state index < -0.39 is 29.3 Å². The molecule has 1 saturated carbocycles. The van der Waals surface area contributed by atoms with Gasteiger partial charge in [0.25, 0.3) is 5.91 Å². The van der Waals surface area contributed by atoms with Gasteiger partial charge in [0.1, 0.15) is 17.4 Å². The summed E-state index contributed by atoms with van der Waals surface area (Å²) in [5.74, 6) is -0.300. The number of rotatable bonds is 4. The van der Waals surface area contributed by atoms with E-state index in [-0.39, 0.29) is 23.2 Å². The quantitative estimate of drug-likeness (QED) is 0.214. The number of aliphatic hydroxyl groups is 2. The predicted molar refractivity (Wildman–Crippen MR) is 118 cm³/mol. The number of amides is 1. The summed E-state index contributed by atoms with van der Waals surface area (Å²) in [4.78, 5) is 25.6. The van der Waals surface area contributed by atoms with Gasteiger partial charge in [-0.15, -0.1) is 0 Å². The molecule has 7 atom stereocenters. The van der Waals surface area contributed by atoms with Crippen LogP contribution >= 0.6 is 0 Å². The van der Waals surface area contributed by atoms with Crippen molar-refractivity contribution in [2.75, 3.05) is 0 Å². The summed E-state index contributed by atoms with van der Waals surface area (Å²) in [7, 11) is 0. The van der Waals surface area contributed by atoms with Crippen LogP contribution in [-0.4, -0.2) is 34.0 Å². The number of carbonyl (C=O) groups is 2. The van der Waals surface area contributed by atoms with Gasteiger partial charge in [0.2, 0.25) is 0 Å². The second kappa shape index (κ2) is 8.54. The van der Waals surface area contributed by atoms with Gasteiger partial charge in [0.15, 0.2) is 5.78 Å². The lowest BCUT2D eigenvalue weighted by Crippen LogP contribution is -2.46. The third kappa shape index (κ3) is 3.68. The number of ketones is 1. The van der Waals surface area contributed by atoms with Crippen molar-refractivity contribution in [3.05, 3.63) is 47.3 Å². The molecule has 30 heavy (non-hydrogen) atoms. The van der Waals surface area contributed by atoms with Gasteiger partial charge in [-0.05, 0) is 51.4 Å². The summed E-state index contributed by atoms with van der Waals surface area (Å²) in [6, 6.07) is -1.00. The number of fused-ring (bicyclic) bond motifs is 1. The molecule has 2 aliphatic carbocycles.